The van der Waals surface area contributed by atoms with E-state index in [1.165, 1.54) is 0 Å². The standard InChI is InChI=1S/C13H18O2S/c1-2-3-7-10-16(15)11-13(14)12-8-5-4-6-9-12/h4-6,8-9H,2-3,7,10-11H2,1H3. The highest BCUT2D eigenvalue weighted by Crippen LogP contribution is 2.03. The van der Waals surface area contributed by atoms with Gasteiger partial charge in [-0.15, -0.1) is 0 Å². The fourth-order valence-electron chi connectivity index (χ4n) is 1.44. The van der Waals surface area contributed by atoms with Gasteiger partial charge in [-0.05, 0) is 6.42 Å². The number of carbonyl (C=O) groups is 1. The van der Waals surface area contributed by atoms with Gasteiger partial charge in [0.05, 0.1) is 5.75 Å². The molecular weight excluding hydrogens is 220 g/mol. The molecule has 0 fully saturated rings. The molecule has 16 heavy (non-hydrogen) atoms. The van der Waals surface area contributed by atoms with Crippen molar-refractivity contribution in [3.8, 4) is 0 Å². The molecule has 0 aromatic heterocycles. The second kappa shape index (κ2) is 7.34. The van der Waals surface area contributed by atoms with Crippen molar-refractivity contribution in [1.29, 1.82) is 0 Å². The molecule has 0 aliphatic heterocycles. The van der Waals surface area contributed by atoms with Crippen LogP contribution in [0, 0.1) is 0 Å². The van der Waals surface area contributed by atoms with Crippen molar-refractivity contribution in [3.63, 3.8) is 0 Å². The monoisotopic (exact) mass is 238 g/mol. The SMILES string of the molecule is CCCCCS(=O)CC(=O)c1ccccc1. The van der Waals surface area contributed by atoms with Crippen molar-refractivity contribution in [2.75, 3.05) is 11.5 Å². The Bertz CT molecular complexity index is 346. The van der Waals surface area contributed by atoms with Gasteiger partial charge in [0.2, 0.25) is 0 Å². The first-order valence-corrected chi connectivity index (χ1v) is 7.16. The summed E-state index contributed by atoms with van der Waals surface area (Å²) in [6.45, 7) is 2.11. The molecule has 0 saturated heterocycles. The van der Waals surface area contributed by atoms with Crippen molar-refractivity contribution in [1.82, 2.24) is 0 Å². The van der Waals surface area contributed by atoms with E-state index in [1.54, 1.807) is 12.1 Å². The second-order valence-corrected chi connectivity index (χ2v) is 5.36. The predicted octanol–water partition coefficient (Wildman–Crippen LogP) is 2.81. The van der Waals surface area contributed by atoms with Gasteiger partial charge < -0.3 is 0 Å². The van der Waals surface area contributed by atoms with Crippen molar-refractivity contribution in [3.05, 3.63) is 35.9 Å². The lowest BCUT2D eigenvalue weighted by Gasteiger charge is -2.01. The number of carbonyl (C=O) groups excluding carboxylic acids is 1. The number of hydrogen-bond acceptors (Lipinski definition) is 2. The summed E-state index contributed by atoms with van der Waals surface area (Å²) in [6, 6.07) is 9.06. The third-order valence-corrected chi connectivity index (χ3v) is 3.69. The molecule has 1 atom stereocenters. The van der Waals surface area contributed by atoms with Gasteiger partial charge in [0.25, 0.3) is 0 Å². The van der Waals surface area contributed by atoms with Crippen molar-refractivity contribution < 1.29 is 9.00 Å². The maximum absolute atomic E-state index is 11.7. The van der Waals surface area contributed by atoms with Gasteiger partial charge in [0.15, 0.2) is 5.78 Å². The largest absolute Gasteiger partial charge is 0.293 e. The number of hydrogen-bond donors (Lipinski definition) is 0. The summed E-state index contributed by atoms with van der Waals surface area (Å²) in [5.74, 6) is 0.788. The lowest BCUT2D eigenvalue weighted by molar-refractivity contribution is 0.102. The zero-order chi connectivity index (χ0) is 11.8. The van der Waals surface area contributed by atoms with Crippen LogP contribution in [-0.2, 0) is 10.8 Å². The van der Waals surface area contributed by atoms with E-state index >= 15 is 0 Å². The molecule has 88 valence electrons. The van der Waals surface area contributed by atoms with Crippen molar-refractivity contribution in [2.45, 2.75) is 26.2 Å². The minimum atomic E-state index is -1.00. The maximum Gasteiger partial charge on any atom is 0.175 e. The highest BCUT2D eigenvalue weighted by atomic mass is 32.2. The summed E-state index contributed by atoms with van der Waals surface area (Å²) in [6.07, 6.45) is 3.15. The van der Waals surface area contributed by atoms with E-state index in [0.717, 1.165) is 19.3 Å². The van der Waals surface area contributed by atoms with Crippen LogP contribution in [-0.4, -0.2) is 21.5 Å². The van der Waals surface area contributed by atoms with Crippen LogP contribution in [0.25, 0.3) is 0 Å². The molecule has 0 saturated carbocycles. The fourth-order valence-corrected chi connectivity index (χ4v) is 2.57. The Morgan fingerprint density at radius 1 is 1.19 bits per heavy atom. The Morgan fingerprint density at radius 2 is 1.88 bits per heavy atom. The molecule has 1 aromatic rings. The Hall–Kier alpha value is -0.960. The normalized spacial score (nSPS) is 12.3. The van der Waals surface area contributed by atoms with E-state index in [0.29, 0.717) is 11.3 Å². The molecule has 0 bridgehead atoms. The second-order valence-electron chi connectivity index (χ2n) is 3.78. The molecule has 1 unspecified atom stereocenters. The summed E-state index contributed by atoms with van der Waals surface area (Å²) in [7, 11) is -1.00. The zero-order valence-corrected chi connectivity index (χ0v) is 10.5. The molecule has 0 spiro atoms. The van der Waals surface area contributed by atoms with Crippen molar-refractivity contribution >= 4 is 16.6 Å². The maximum atomic E-state index is 11.7. The number of unbranched alkanes of at least 4 members (excludes halogenated alkanes) is 2. The van der Waals surface area contributed by atoms with Crippen LogP contribution in [0.3, 0.4) is 0 Å². The topological polar surface area (TPSA) is 34.1 Å². The third-order valence-electron chi connectivity index (χ3n) is 2.36. The Kier molecular flexibility index (Phi) is 6.01. The van der Waals surface area contributed by atoms with Gasteiger partial charge >= 0.3 is 0 Å². The van der Waals surface area contributed by atoms with Crippen LogP contribution in [0.15, 0.2) is 30.3 Å². The summed E-state index contributed by atoms with van der Waals surface area (Å²) in [5.41, 5.74) is 0.659. The van der Waals surface area contributed by atoms with Crippen LogP contribution in [0.4, 0.5) is 0 Å². The van der Waals surface area contributed by atoms with E-state index in [4.69, 9.17) is 0 Å². The number of ketones is 1. The first-order chi connectivity index (χ1) is 7.74. The fraction of sp³-hybridized carbons (Fsp3) is 0.462. The van der Waals surface area contributed by atoms with Crippen LogP contribution in [0.2, 0.25) is 0 Å². The van der Waals surface area contributed by atoms with Crippen LogP contribution < -0.4 is 0 Å². The van der Waals surface area contributed by atoms with E-state index in [9.17, 15) is 9.00 Å². The molecule has 2 nitrogen and oxygen atoms in total. The Labute approximate surface area is 99.5 Å². The minimum absolute atomic E-state index is 0.0181. The molecule has 0 aliphatic rings. The predicted molar refractivity (Wildman–Crippen MR) is 68.2 cm³/mol. The summed E-state index contributed by atoms with van der Waals surface area (Å²) >= 11 is 0. The summed E-state index contributed by atoms with van der Waals surface area (Å²) < 4.78 is 11.6. The Morgan fingerprint density at radius 3 is 2.50 bits per heavy atom. The molecule has 0 aliphatic carbocycles. The van der Waals surface area contributed by atoms with Gasteiger partial charge in [-0.1, -0.05) is 50.1 Å². The summed E-state index contributed by atoms with van der Waals surface area (Å²) in [4.78, 5) is 11.7. The molecule has 3 heteroatoms. The molecule has 1 aromatic carbocycles. The van der Waals surface area contributed by atoms with Crippen molar-refractivity contribution in [2.24, 2.45) is 0 Å². The van der Waals surface area contributed by atoms with Gasteiger partial charge in [-0.3, -0.25) is 9.00 Å². The van der Waals surface area contributed by atoms with Gasteiger partial charge in [-0.25, -0.2) is 0 Å². The smallest absolute Gasteiger partial charge is 0.175 e. The number of benzene rings is 1. The van der Waals surface area contributed by atoms with Crippen LogP contribution >= 0.6 is 0 Å². The molecule has 1 rings (SSSR count). The van der Waals surface area contributed by atoms with E-state index in [-0.39, 0.29) is 11.5 Å². The quantitative estimate of drug-likeness (QED) is 0.540. The van der Waals surface area contributed by atoms with Crippen LogP contribution in [0.1, 0.15) is 36.5 Å². The molecule has 0 N–H and O–H groups in total. The van der Waals surface area contributed by atoms with E-state index in [2.05, 4.69) is 6.92 Å². The average molecular weight is 238 g/mol. The summed E-state index contributed by atoms with van der Waals surface area (Å²) in [5, 5.41) is 0. The Balaban J connectivity index is 2.37. The van der Waals surface area contributed by atoms with Gasteiger partial charge in [0.1, 0.15) is 0 Å². The zero-order valence-electron chi connectivity index (χ0n) is 9.65. The van der Waals surface area contributed by atoms with Gasteiger partial charge in [0, 0.05) is 22.1 Å². The highest BCUT2D eigenvalue weighted by molar-refractivity contribution is 7.85. The first-order valence-electron chi connectivity index (χ1n) is 5.67. The third kappa shape index (κ3) is 4.71. The van der Waals surface area contributed by atoms with Gasteiger partial charge in [-0.2, -0.15) is 0 Å². The van der Waals surface area contributed by atoms with Crippen LogP contribution in [0.5, 0.6) is 0 Å². The number of rotatable bonds is 7. The molecule has 0 radical (unpaired) electrons. The lowest BCUT2D eigenvalue weighted by atomic mass is 10.2. The molecule has 0 heterocycles. The first kappa shape index (κ1) is 13.1. The molecular formula is C13H18O2S. The van der Waals surface area contributed by atoms with E-state index < -0.39 is 10.8 Å². The lowest BCUT2D eigenvalue weighted by Crippen LogP contribution is -2.13. The average Bonchev–Trinajstić information content (AvgIpc) is 2.30. The molecule has 0 amide bonds. The number of Topliss-reactive ketones (excluding diaryl/α,β-unsaturated/α-hetero) is 1. The highest BCUT2D eigenvalue weighted by Gasteiger charge is 2.09. The minimum Gasteiger partial charge on any atom is -0.293 e. The van der Waals surface area contributed by atoms with E-state index in [1.807, 2.05) is 18.2 Å².